The minimum absolute atomic E-state index is 0.0632. The van der Waals surface area contributed by atoms with E-state index in [9.17, 15) is 52.7 Å². The third-order valence-electron chi connectivity index (χ3n) is 15.8. The fraction of sp³-hybridized carbons (Fsp3) is 0.787. The first-order valence-electron chi connectivity index (χ1n) is 30.3. The van der Waals surface area contributed by atoms with Gasteiger partial charge in [-0.15, -0.1) is 0 Å². The second kappa shape index (κ2) is 34.6. The van der Waals surface area contributed by atoms with Crippen molar-refractivity contribution in [1.82, 2.24) is 55.6 Å². The summed E-state index contributed by atoms with van der Waals surface area (Å²) in [4.78, 5) is 194. The molecule has 1 rings (SSSR count). The normalized spacial score (nSPS) is 26.5. The smallest absolute Gasteiger partial charge is 0.303 e. The van der Waals surface area contributed by atoms with Crippen molar-refractivity contribution in [2.45, 2.75) is 216 Å². The highest BCUT2D eigenvalue weighted by Crippen LogP contribution is 2.26. The quantitative estimate of drug-likeness (QED) is 0.135. The second-order valence-electron chi connectivity index (χ2n) is 25.9. The predicted octanol–water partition coefficient (Wildman–Crippen LogP) is 2.07. The van der Waals surface area contributed by atoms with Crippen molar-refractivity contribution in [2.75, 3.05) is 55.9 Å². The van der Waals surface area contributed by atoms with Crippen molar-refractivity contribution in [3.63, 3.8) is 0 Å². The van der Waals surface area contributed by atoms with Crippen molar-refractivity contribution < 1.29 is 67.1 Å². The van der Waals surface area contributed by atoms with Crippen LogP contribution in [0.25, 0.3) is 0 Å². The van der Waals surface area contributed by atoms with Crippen molar-refractivity contribution in [1.29, 1.82) is 0 Å². The fourth-order valence-electron chi connectivity index (χ4n) is 10.6. The summed E-state index contributed by atoms with van der Waals surface area (Å²) in [6.45, 7) is 27.7. The third-order valence-corrected chi connectivity index (χ3v) is 15.8. The van der Waals surface area contributed by atoms with Crippen LogP contribution in [0, 0.1) is 41.4 Å². The molecule has 86 heavy (non-hydrogen) atoms. The lowest BCUT2D eigenvalue weighted by molar-refractivity contribution is -0.164. The Kier molecular flexibility index (Phi) is 31.1. The number of hydrogen-bond donors (Lipinski definition) is 4. The van der Waals surface area contributed by atoms with E-state index in [1.165, 1.54) is 94.6 Å². The van der Waals surface area contributed by atoms with Crippen LogP contribution in [0.15, 0.2) is 0 Å². The molecule has 490 valence electrons. The topological polar surface area (TPSA) is 302 Å². The number of rotatable bonds is 15. The lowest BCUT2D eigenvalue weighted by Crippen LogP contribution is -2.64. The van der Waals surface area contributed by atoms with Gasteiger partial charge < -0.3 is 65.1 Å². The molecule has 1 heterocycles. The van der Waals surface area contributed by atoms with Crippen LogP contribution in [0.3, 0.4) is 0 Å². The summed E-state index contributed by atoms with van der Waals surface area (Å²) >= 11 is 0. The summed E-state index contributed by atoms with van der Waals surface area (Å²) < 4.78 is 5.63. The summed E-state index contributed by atoms with van der Waals surface area (Å²) in [7, 11) is 9.57. The molecular formula is C61H107N11O14. The Bertz CT molecular complexity index is 2400. The zero-order valence-electron chi connectivity index (χ0n) is 56.1. The number of aldehydes is 1. The molecular weight excluding hydrogens is 1110 g/mol. The molecule has 0 radical (unpaired) electrons. The van der Waals surface area contributed by atoms with E-state index in [0.717, 1.165) is 16.7 Å². The number of amides is 11. The van der Waals surface area contributed by atoms with E-state index in [0.29, 0.717) is 6.29 Å². The third kappa shape index (κ3) is 21.3. The van der Waals surface area contributed by atoms with Gasteiger partial charge in [0.25, 0.3) is 0 Å². The summed E-state index contributed by atoms with van der Waals surface area (Å²) in [5.74, 6) is -12.1. The molecule has 0 spiro atoms. The monoisotopic (exact) mass is 1220 g/mol. The maximum Gasteiger partial charge on any atom is 0.303 e. The molecule has 25 heteroatoms. The van der Waals surface area contributed by atoms with Crippen molar-refractivity contribution in [3.8, 4) is 0 Å². The van der Waals surface area contributed by atoms with Crippen LogP contribution in [-0.2, 0) is 67.1 Å². The Balaban J connectivity index is 4.38. The standard InChI is InChI=1S/C61H107N11O14/c1-25-42-57(81)66(18)30-47(75)67(19)43(26-32(2)3)54(78)65-48(36(10)11)60(84)68(20)44(27-33(4)5)53(77)62-39(15)52(76)63-40(16)56(80)69(21)45(28-34(6)7)58(82)70(22)46(29-35(8)9)59(83)71(23)49(37(12)13)61(85)72(24)50(55(79)64-42)51(38(14)31-73)86-41(17)74/h31-40,42-46,48-51H,25-30H2,1-24H3,(H,62,77)(H,63,76)(H,64,79)(H,65,78)/t38-,39-,40+,42-,43-,44-,45-,46-,48-,49-,50?,51+/m0/s1. The summed E-state index contributed by atoms with van der Waals surface area (Å²) in [6, 6.07) is -13.0. The van der Waals surface area contributed by atoms with Crippen molar-refractivity contribution in [3.05, 3.63) is 0 Å². The molecule has 1 aliphatic rings. The number of carbonyl (C=O) groups excluding carboxylic acids is 13. The minimum Gasteiger partial charge on any atom is -0.459 e. The van der Waals surface area contributed by atoms with E-state index >= 15 is 9.59 Å². The van der Waals surface area contributed by atoms with Crippen LogP contribution in [0.5, 0.6) is 0 Å². The highest BCUT2D eigenvalue weighted by molar-refractivity contribution is 6.00. The largest absolute Gasteiger partial charge is 0.459 e. The van der Waals surface area contributed by atoms with Crippen LogP contribution in [0.4, 0.5) is 0 Å². The minimum atomic E-state index is -1.81. The van der Waals surface area contributed by atoms with E-state index < -0.39 is 162 Å². The molecule has 0 bridgehead atoms. The van der Waals surface area contributed by atoms with Gasteiger partial charge in [0.1, 0.15) is 72.8 Å². The van der Waals surface area contributed by atoms with Gasteiger partial charge in [0.05, 0.1) is 12.5 Å². The van der Waals surface area contributed by atoms with Crippen LogP contribution in [-0.4, -0.2) is 234 Å². The highest BCUT2D eigenvalue weighted by atomic mass is 16.5. The summed E-state index contributed by atoms with van der Waals surface area (Å²) in [5.41, 5.74) is 0. The van der Waals surface area contributed by atoms with E-state index in [2.05, 4.69) is 21.3 Å². The van der Waals surface area contributed by atoms with Gasteiger partial charge in [0.15, 0.2) is 0 Å². The van der Waals surface area contributed by atoms with Gasteiger partial charge in [0.2, 0.25) is 65.0 Å². The molecule has 0 aromatic heterocycles. The number of ether oxygens (including phenoxy) is 1. The molecule has 0 saturated carbocycles. The Morgan fingerprint density at radius 1 is 0.477 bits per heavy atom. The first-order chi connectivity index (χ1) is 39.6. The fourth-order valence-corrected chi connectivity index (χ4v) is 10.6. The maximum absolute atomic E-state index is 15.2. The van der Waals surface area contributed by atoms with Gasteiger partial charge in [-0.05, 0) is 81.5 Å². The van der Waals surface area contributed by atoms with Gasteiger partial charge >= 0.3 is 5.97 Å². The number of esters is 1. The van der Waals surface area contributed by atoms with E-state index in [-0.39, 0.29) is 55.8 Å². The molecule has 25 nitrogen and oxygen atoms in total. The average molecular weight is 1220 g/mol. The van der Waals surface area contributed by atoms with Crippen LogP contribution in [0.2, 0.25) is 0 Å². The van der Waals surface area contributed by atoms with Gasteiger partial charge in [-0.2, -0.15) is 0 Å². The molecule has 0 aromatic carbocycles. The number of hydrogen-bond acceptors (Lipinski definition) is 14. The van der Waals surface area contributed by atoms with Crippen LogP contribution >= 0.6 is 0 Å². The zero-order chi connectivity index (χ0) is 66.8. The SMILES string of the molecule is CC[C@@H]1NC(=O)C([C@H](OC(C)=O)[C@@H](C)C=O)N(C)C(=O)[C@H](C(C)C)N(C)C(=O)[C@H](CC(C)C)N(C)C(=O)[C@H](CC(C)C)N(C)C(=O)[C@@H](C)NC(=O)[C@H](C)NC(=O)[C@H](CC(C)C)N(C)C(=O)[C@H](C(C)C)NC(=O)[C@H](CC(C)C)N(C)C(=O)CN(C)C1=O. The molecule has 0 aromatic rings. The lowest BCUT2D eigenvalue weighted by atomic mass is 9.93. The number of nitrogens with zero attached hydrogens (tertiary/aromatic N) is 7. The Hall–Kier alpha value is -6.69. The van der Waals surface area contributed by atoms with Gasteiger partial charge in [0, 0.05) is 56.3 Å². The molecule has 1 fully saturated rings. The Morgan fingerprint density at radius 2 is 0.884 bits per heavy atom. The molecule has 1 saturated heterocycles. The lowest BCUT2D eigenvalue weighted by Gasteiger charge is -2.42. The summed E-state index contributed by atoms with van der Waals surface area (Å²) in [5, 5.41) is 10.8. The summed E-state index contributed by atoms with van der Waals surface area (Å²) in [6.07, 6.45) is -0.776. The maximum atomic E-state index is 15.2. The zero-order valence-corrected chi connectivity index (χ0v) is 56.1. The number of carbonyl (C=O) groups is 13. The molecule has 1 aliphatic heterocycles. The number of likely N-dealkylation sites (N-methyl/N-ethyl adjacent to an activating group) is 7. The second-order valence-corrected chi connectivity index (χ2v) is 25.9. The highest BCUT2D eigenvalue weighted by Gasteiger charge is 2.47. The van der Waals surface area contributed by atoms with E-state index in [1.54, 1.807) is 34.6 Å². The van der Waals surface area contributed by atoms with Crippen LogP contribution in [0.1, 0.15) is 150 Å². The van der Waals surface area contributed by atoms with E-state index in [4.69, 9.17) is 4.74 Å². The Morgan fingerprint density at radius 3 is 1.31 bits per heavy atom. The molecule has 4 N–H and O–H groups in total. The first kappa shape index (κ1) is 77.3. The molecule has 1 unspecified atom stereocenters. The molecule has 11 amide bonds. The Labute approximate surface area is 511 Å². The van der Waals surface area contributed by atoms with Gasteiger partial charge in [-0.3, -0.25) is 57.5 Å². The average Bonchev–Trinajstić information content (AvgIpc) is 2.03. The van der Waals surface area contributed by atoms with Crippen molar-refractivity contribution in [2.24, 2.45) is 41.4 Å². The van der Waals surface area contributed by atoms with Gasteiger partial charge in [-0.1, -0.05) is 96.9 Å². The predicted molar refractivity (Wildman–Crippen MR) is 325 cm³/mol. The van der Waals surface area contributed by atoms with Gasteiger partial charge in [-0.25, -0.2) is 0 Å². The van der Waals surface area contributed by atoms with Crippen LogP contribution < -0.4 is 21.3 Å². The molecule has 0 aliphatic carbocycles. The molecule has 12 atom stereocenters. The van der Waals surface area contributed by atoms with E-state index in [1.807, 2.05) is 55.4 Å². The number of nitrogens with one attached hydrogen (secondary N) is 4. The van der Waals surface area contributed by atoms with Crippen molar-refractivity contribution >= 4 is 77.2 Å². The first-order valence-corrected chi connectivity index (χ1v) is 30.3.